The van der Waals surface area contributed by atoms with Crippen LogP contribution in [0.1, 0.15) is 31.3 Å². The van der Waals surface area contributed by atoms with E-state index >= 15 is 0 Å². The van der Waals surface area contributed by atoms with E-state index in [2.05, 4.69) is 15.5 Å². The molecule has 28 heavy (non-hydrogen) atoms. The van der Waals surface area contributed by atoms with Crippen molar-refractivity contribution in [3.8, 4) is 11.4 Å². The maximum absolute atomic E-state index is 12.3. The number of hydrogen-bond acceptors (Lipinski definition) is 5. The Hall–Kier alpha value is -2.70. The minimum Gasteiger partial charge on any atom is -0.367 e. The lowest BCUT2D eigenvalue weighted by Gasteiger charge is -2.18. The summed E-state index contributed by atoms with van der Waals surface area (Å²) in [7, 11) is 0. The molecule has 0 spiro atoms. The number of rotatable bonds is 8. The Balaban J connectivity index is 1.60. The Kier molecular flexibility index (Phi) is 6.79. The molecule has 1 amide bonds. The van der Waals surface area contributed by atoms with Crippen LogP contribution >= 0.6 is 11.6 Å². The number of halogens is 1. The normalized spacial score (nSPS) is 12.1. The maximum Gasteiger partial charge on any atom is 0.249 e. The van der Waals surface area contributed by atoms with Crippen LogP contribution in [0.3, 0.4) is 0 Å². The molecule has 3 aromatic rings. The highest BCUT2D eigenvalue weighted by molar-refractivity contribution is 6.30. The lowest BCUT2D eigenvalue weighted by Crippen LogP contribution is -2.34. The Morgan fingerprint density at radius 1 is 1.14 bits per heavy atom. The molecule has 1 heterocycles. The molecule has 0 aliphatic heterocycles. The predicted molar refractivity (Wildman–Crippen MR) is 107 cm³/mol. The van der Waals surface area contributed by atoms with Crippen molar-refractivity contribution in [3.63, 3.8) is 0 Å². The molecule has 1 N–H and O–H groups in total. The third-order valence-electron chi connectivity index (χ3n) is 4.14. The maximum atomic E-state index is 12.3. The summed E-state index contributed by atoms with van der Waals surface area (Å²) in [6.45, 7) is 4.28. The van der Waals surface area contributed by atoms with Crippen molar-refractivity contribution < 1.29 is 14.1 Å². The van der Waals surface area contributed by atoms with Gasteiger partial charge in [-0.3, -0.25) is 4.79 Å². The van der Waals surface area contributed by atoms with Crippen molar-refractivity contribution in [1.82, 2.24) is 15.5 Å². The third kappa shape index (κ3) is 5.41. The Morgan fingerprint density at radius 2 is 1.86 bits per heavy atom. The van der Waals surface area contributed by atoms with Gasteiger partial charge in [0.2, 0.25) is 17.6 Å². The van der Waals surface area contributed by atoms with E-state index in [1.54, 1.807) is 12.1 Å². The zero-order valence-electron chi connectivity index (χ0n) is 15.8. The van der Waals surface area contributed by atoms with Gasteiger partial charge in [-0.05, 0) is 35.7 Å². The van der Waals surface area contributed by atoms with Crippen molar-refractivity contribution in [1.29, 1.82) is 0 Å². The summed E-state index contributed by atoms with van der Waals surface area (Å²) in [5.41, 5.74) is 1.81. The SMILES string of the molecule is CC(C)[C@H](NC(=O)COCc1ccccc1)c1nc(-c2ccc(Cl)cc2)no1. The number of hydrogen-bond donors (Lipinski definition) is 1. The van der Waals surface area contributed by atoms with Crippen LogP contribution in [0.2, 0.25) is 5.02 Å². The van der Waals surface area contributed by atoms with Gasteiger partial charge in [-0.25, -0.2) is 0 Å². The van der Waals surface area contributed by atoms with Crippen LogP contribution < -0.4 is 5.32 Å². The van der Waals surface area contributed by atoms with Gasteiger partial charge in [0.1, 0.15) is 12.6 Å². The quantitative estimate of drug-likeness (QED) is 0.606. The van der Waals surface area contributed by atoms with Gasteiger partial charge in [0.05, 0.1) is 6.61 Å². The van der Waals surface area contributed by atoms with Crippen molar-refractivity contribution in [3.05, 3.63) is 71.1 Å². The van der Waals surface area contributed by atoms with Crippen LogP contribution in [0.4, 0.5) is 0 Å². The first-order valence-electron chi connectivity index (χ1n) is 9.03. The predicted octanol–water partition coefficient (Wildman–Crippen LogP) is 4.42. The molecule has 2 aromatic carbocycles. The average Bonchev–Trinajstić information content (AvgIpc) is 3.17. The summed E-state index contributed by atoms with van der Waals surface area (Å²) in [6.07, 6.45) is 0. The first kappa shape index (κ1) is 20.0. The molecule has 0 radical (unpaired) electrons. The largest absolute Gasteiger partial charge is 0.367 e. The van der Waals surface area contributed by atoms with E-state index in [-0.39, 0.29) is 18.4 Å². The molecular weight excluding hydrogens is 378 g/mol. The van der Waals surface area contributed by atoms with Crippen LogP contribution in [-0.4, -0.2) is 22.7 Å². The second kappa shape index (κ2) is 9.48. The molecule has 1 aromatic heterocycles. The fourth-order valence-electron chi connectivity index (χ4n) is 2.64. The molecular formula is C21H22ClN3O3. The van der Waals surface area contributed by atoms with Gasteiger partial charge in [-0.1, -0.05) is 60.9 Å². The van der Waals surface area contributed by atoms with Gasteiger partial charge in [-0.2, -0.15) is 4.98 Å². The second-order valence-corrected chi connectivity index (χ2v) is 7.17. The number of amides is 1. The van der Waals surface area contributed by atoms with E-state index in [0.29, 0.717) is 23.3 Å². The number of nitrogens with zero attached hydrogens (tertiary/aromatic N) is 2. The molecule has 0 aliphatic carbocycles. The van der Waals surface area contributed by atoms with Gasteiger partial charge in [0.15, 0.2) is 0 Å². The van der Waals surface area contributed by atoms with Crippen molar-refractivity contribution in [2.75, 3.05) is 6.61 Å². The molecule has 7 heteroatoms. The number of carbonyl (C=O) groups is 1. The minimum atomic E-state index is -0.402. The zero-order valence-corrected chi connectivity index (χ0v) is 16.5. The van der Waals surface area contributed by atoms with Gasteiger partial charge >= 0.3 is 0 Å². The molecule has 6 nitrogen and oxygen atoms in total. The average molecular weight is 400 g/mol. The highest BCUT2D eigenvalue weighted by Gasteiger charge is 2.25. The number of nitrogens with one attached hydrogen (secondary N) is 1. The number of ether oxygens (including phenoxy) is 1. The summed E-state index contributed by atoms with van der Waals surface area (Å²) in [5.74, 6) is 0.640. The summed E-state index contributed by atoms with van der Waals surface area (Å²) in [6, 6.07) is 16.5. The van der Waals surface area contributed by atoms with Crippen LogP contribution in [-0.2, 0) is 16.1 Å². The first-order valence-corrected chi connectivity index (χ1v) is 9.41. The minimum absolute atomic E-state index is 0.0453. The van der Waals surface area contributed by atoms with Gasteiger partial charge in [0.25, 0.3) is 0 Å². The lowest BCUT2D eigenvalue weighted by atomic mass is 10.0. The van der Waals surface area contributed by atoms with Crippen molar-refractivity contribution in [2.24, 2.45) is 5.92 Å². The fourth-order valence-corrected chi connectivity index (χ4v) is 2.77. The lowest BCUT2D eigenvalue weighted by molar-refractivity contribution is -0.127. The molecule has 1 atom stereocenters. The van der Waals surface area contributed by atoms with Crippen molar-refractivity contribution >= 4 is 17.5 Å². The van der Waals surface area contributed by atoms with Crippen LogP contribution in [0, 0.1) is 5.92 Å². The summed E-state index contributed by atoms with van der Waals surface area (Å²) < 4.78 is 10.9. The van der Waals surface area contributed by atoms with Crippen LogP contribution in [0.5, 0.6) is 0 Å². The summed E-state index contributed by atoms with van der Waals surface area (Å²) in [4.78, 5) is 16.7. The highest BCUT2D eigenvalue weighted by Crippen LogP contribution is 2.24. The topological polar surface area (TPSA) is 77.2 Å². The van der Waals surface area contributed by atoms with Gasteiger partial charge in [-0.15, -0.1) is 0 Å². The standard InChI is InChI=1S/C21H22ClN3O3/c1-14(2)19(23-18(26)13-27-12-15-6-4-3-5-7-15)21-24-20(25-28-21)16-8-10-17(22)11-9-16/h3-11,14,19H,12-13H2,1-2H3,(H,23,26)/t19-/m0/s1. The second-order valence-electron chi connectivity index (χ2n) is 6.73. The molecule has 0 fully saturated rings. The number of carbonyl (C=O) groups excluding carboxylic acids is 1. The monoisotopic (exact) mass is 399 g/mol. The highest BCUT2D eigenvalue weighted by atomic mass is 35.5. The van der Waals surface area contributed by atoms with Crippen LogP contribution in [0.25, 0.3) is 11.4 Å². The van der Waals surface area contributed by atoms with E-state index in [4.69, 9.17) is 20.9 Å². The summed E-state index contributed by atoms with van der Waals surface area (Å²) >= 11 is 5.91. The van der Waals surface area contributed by atoms with E-state index in [1.165, 1.54) is 0 Å². The van der Waals surface area contributed by atoms with E-state index < -0.39 is 6.04 Å². The van der Waals surface area contributed by atoms with E-state index in [1.807, 2.05) is 56.3 Å². The Labute approximate surface area is 168 Å². The van der Waals surface area contributed by atoms with Crippen molar-refractivity contribution in [2.45, 2.75) is 26.5 Å². The first-order chi connectivity index (χ1) is 13.5. The zero-order chi connectivity index (χ0) is 19.9. The number of aromatic nitrogens is 2. The molecule has 146 valence electrons. The van der Waals surface area contributed by atoms with Gasteiger partial charge in [0, 0.05) is 10.6 Å². The Bertz CT molecular complexity index is 895. The molecule has 3 rings (SSSR count). The van der Waals surface area contributed by atoms with E-state index in [0.717, 1.165) is 11.1 Å². The van der Waals surface area contributed by atoms with E-state index in [9.17, 15) is 4.79 Å². The number of benzene rings is 2. The molecule has 0 aliphatic rings. The molecule has 0 saturated heterocycles. The smallest absolute Gasteiger partial charge is 0.249 e. The molecule has 0 saturated carbocycles. The summed E-state index contributed by atoms with van der Waals surface area (Å²) in [5, 5.41) is 7.56. The Morgan fingerprint density at radius 3 is 2.54 bits per heavy atom. The van der Waals surface area contributed by atoms with Gasteiger partial charge < -0.3 is 14.6 Å². The fraction of sp³-hybridized carbons (Fsp3) is 0.286. The molecule has 0 unspecified atom stereocenters. The third-order valence-corrected chi connectivity index (χ3v) is 4.39. The molecule has 0 bridgehead atoms. The van der Waals surface area contributed by atoms with Crippen LogP contribution in [0.15, 0.2) is 59.1 Å².